The summed E-state index contributed by atoms with van der Waals surface area (Å²) in [4.78, 5) is 36.7. The van der Waals surface area contributed by atoms with Gasteiger partial charge in [0.2, 0.25) is 11.8 Å². The summed E-state index contributed by atoms with van der Waals surface area (Å²) in [6.07, 6.45) is 6.65. The first-order valence-electron chi connectivity index (χ1n) is 10.2. The smallest absolute Gasteiger partial charge is 0.304 e. The van der Waals surface area contributed by atoms with Crippen molar-refractivity contribution in [2.75, 3.05) is 10.6 Å². The number of aryl methyl sites for hydroxylation is 1. The summed E-state index contributed by atoms with van der Waals surface area (Å²) in [5, 5.41) is 15.3. The van der Waals surface area contributed by atoms with Crippen molar-refractivity contribution in [3.8, 4) is 0 Å². The third-order valence-electron chi connectivity index (χ3n) is 6.24. The van der Waals surface area contributed by atoms with Crippen LogP contribution in [0.25, 0.3) is 0 Å². The van der Waals surface area contributed by atoms with Crippen LogP contribution in [-0.2, 0) is 14.4 Å². The largest absolute Gasteiger partial charge is 0.481 e. The first-order valence-corrected chi connectivity index (χ1v) is 10.2. The number of anilines is 2. The number of carboxylic acids is 1. The van der Waals surface area contributed by atoms with Crippen molar-refractivity contribution in [3.05, 3.63) is 23.8 Å². The summed E-state index contributed by atoms with van der Waals surface area (Å²) in [6, 6.07) is 5.44. The standard InChI is InChI=1S/C22H30N2O4/c1-14-8-11-17(23-20(27)15-9-10-15)12-18(14)24-21(28)22(2,13-19(25)26)16-6-4-3-5-7-16/h8,11-12,15-16H,3-7,9-10,13H2,1-2H3,(H,23,27)(H,24,28)(H,25,26). The lowest BCUT2D eigenvalue weighted by atomic mass is 9.67. The molecule has 3 rings (SSSR count). The summed E-state index contributed by atoms with van der Waals surface area (Å²) in [6.45, 7) is 3.66. The molecule has 0 bridgehead atoms. The van der Waals surface area contributed by atoms with Crippen LogP contribution in [0.5, 0.6) is 0 Å². The summed E-state index contributed by atoms with van der Waals surface area (Å²) in [5.74, 6) is -1.03. The van der Waals surface area contributed by atoms with Crippen LogP contribution < -0.4 is 10.6 Å². The molecule has 2 aliphatic carbocycles. The van der Waals surface area contributed by atoms with Crippen molar-refractivity contribution >= 4 is 29.2 Å². The Hall–Kier alpha value is -2.37. The van der Waals surface area contributed by atoms with Crippen LogP contribution in [0, 0.1) is 24.2 Å². The minimum Gasteiger partial charge on any atom is -0.481 e. The molecule has 3 N–H and O–H groups in total. The molecule has 6 nitrogen and oxygen atoms in total. The normalized spacial score (nSPS) is 19.5. The number of carboxylic acid groups (broad SMARTS) is 1. The number of benzene rings is 1. The third kappa shape index (κ3) is 4.72. The summed E-state index contributed by atoms with van der Waals surface area (Å²) >= 11 is 0. The van der Waals surface area contributed by atoms with E-state index in [4.69, 9.17) is 0 Å². The van der Waals surface area contributed by atoms with Crippen LogP contribution in [0.3, 0.4) is 0 Å². The van der Waals surface area contributed by atoms with Gasteiger partial charge in [-0.05, 0) is 63.1 Å². The van der Waals surface area contributed by atoms with E-state index in [1.807, 2.05) is 19.1 Å². The lowest BCUT2D eigenvalue weighted by Crippen LogP contribution is -2.42. The molecule has 0 saturated heterocycles. The van der Waals surface area contributed by atoms with Gasteiger partial charge in [-0.1, -0.05) is 25.3 Å². The average molecular weight is 386 g/mol. The zero-order valence-corrected chi connectivity index (χ0v) is 16.7. The summed E-state index contributed by atoms with van der Waals surface area (Å²) in [5.41, 5.74) is 1.19. The molecule has 0 heterocycles. The molecule has 1 unspecified atom stereocenters. The van der Waals surface area contributed by atoms with E-state index in [-0.39, 0.29) is 30.1 Å². The van der Waals surface area contributed by atoms with Gasteiger partial charge in [-0.25, -0.2) is 0 Å². The van der Waals surface area contributed by atoms with Crippen LogP contribution in [-0.4, -0.2) is 22.9 Å². The molecule has 0 aromatic heterocycles. The molecule has 6 heteroatoms. The second-order valence-corrected chi connectivity index (χ2v) is 8.57. The van der Waals surface area contributed by atoms with Crippen molar-refractivity contribution in [1.29, 1.82) is 0 Å². The van der Waals surface area contributed by atoms with Crippen molar-refractivity contribution in [2.24, 2.45) is 17.3 Å². The van der Waals surface area contributed by atoms with Crippen LogP contribution in [0.1, 0.15) is 63.9 Å². The number of carbonyl (C=O) groups is 3. The highest BCUT2D eigenvalue weighted by Crippen LogP contribution is 2.42. The highest BCUT2D eigenvalue weighted by molar-refractivity contribution is 5.99. The molecule has 1 atom stereocenters. The number of nitrogens with one attached hydrogen (secondary N) is 2. The molecule has 2 saturated carbocycles. The van der Waals surface area contributed by atoms with E-state index >= 15 is 0 Å². The fourth-order valence-corrected chi connectivity index (χ4v) is 4.15. The molecule has 0 radical (unpaired) electrons. The Morgan fingerprint density at radius 3 is 2.36 bits per heavy atom. The van der Waals surface area contributed by atoms with Gasteiger partial charge in [0.1, 0.15) is 0 Å². The second-order valence-electron chi connectivity index (χ2n) is 8.57. The maximum absolute atomic E-state index is 13.2. The molecule has 2 fully saturated rings. The topological polar surface area (TPSA) is 95.5 Å². The first-order chi connectivity index (χ1) is 13.3. The summed E-state index contributed by atoms with van der Waals surface area (Å²) in [7, 11) is 0. The van der Waals surface area contributed by atoms with Gasteiger partial charge >= 0.3 is 5.97 Å². The Morgan fingerprint density at radius 2 is 1.75 bits per heavy atom. The zero-order chi connectivity index (χ0) is 20.3. The number of carbonyl (C=O) groups excluding carboxylic acids is 2. The maximum Gasteiger partial charge on any atom is 0.304 e. The molecular weight excluding hydrogens is 356 g/mol. The van der Waals surface area contributed by atoms with Crippen LogP contribution in [0.15, 0.2) is 18.2 Å². The van der Waals surface area contributed by atoms with Crippen LogP contribution in [0.2, 0.25) is 0 Å². The van der Waals surface area contributed by atoms with E-state index in [0.29, 0.717) is 11.4 Å². The molecule has 1 aromatic carbocycles. The van der Waals surface area contributed by atoms with Gasteiger partial charge in [0, 0.05) is 17.3 Å². The lowest BCUT2D eigenvalue weighted by molar-refractivity contribution is -0.145. The van der Waals surface area contributed by atoms with Crippen molar-refractivity contribution in [2.45, 2.75) is 65.2 Å². The van der Waals surface area contributed by atoms with E-state index in [1.54, 1.807) is 13.0 Å². The zero-order valence-electron chi connectivity index (χ0n) is 16.7. The fourth-order valence-electron chi connectivity index (χ4n) is 4.15. The van der Waals surface area contributed by atoms with Crippen LogP contribution >= 0.6 is 0 Å². The number of amides is 2. The Bertz CT molecular complexity index is 766. The highest BCUT2D eigenvalue weighted by atomic mass is 16.4. The van der Waals surface area contributed by atoms with E-state index in [1.165, 1.54) is 0 Å². The minimum atomic E-state index is -0.953. The number of aliphatic carboxylic acids is 1. The maximum atomic E-state index is 13.2. The molecular formula is C22H30N2O4. The first kappa shape index (κ1) is 20.4. The van der Waals surface area contributed by atoms with Crippen molar-refractivity contribution in [3.63, 3.8) is 0 Å². The van der Waals surface area contributed by atoms with Gasteiger partial charge in [0.05, 0.1) is 11.8 Å². The van der Waals surface area contributed by atoms with E-state index in [2.05, 4.69) is 10.6 Å². The van der Waals surface area contributed by atoms with Crippen molar-refractivity contribution in [1.82, 2.24) is 0 Å². The molecule has 2 aliphatic rings. The van der Waals surface area contributed by atoms with Crippen LogP contribution in [0.4, 0.5) is 11.4 Å². The molecule has 28 heavy (non-hydrogen) atoms. The second kappa shape index (κ2) is 8.33. The molecule has 1 aromatic rings. The molecule has 2 amide bonds. The highest BCUT2D eigenvalue weighted by Gasteiger charge is 2.43. The predicted molar refractivity (Wildman–Crippen MR) is 108 cm³/mol. The van der Waals surface area contributed by atoms with Gasteiger partial charge in [0.25, 0.3) is 0 Å². The molecule has 0 aliphatic heterocycles. The number of hydrogen-bond acceptors (Lipinski definition) is 3. The molecule has 152 valence electrons. The quantitative estimate of drug-likeness (QED) is 0.649. The van der Waals surface area contributed by atoms with Crippen molar-refractivity contribution < 1.29 is 19.5 Å². The Morgan fingerprint density at radius 1 is 1.07 bits per heavy atom. The van der Waals surface area contributed by atoms with E-state index < -0.39 is 11.4 Å². The Balaban J connectivity index is 1.78. The third-order valence-corrected chi connectivity index (χ3v) is 6.24. The van der Waals surface area contributed by atoms with Gasteiger partial charge in [0.15, 0.2) is 0 Å². The predicted octanol–water partition coefficient (Wildman–Crippen LogP) is 4.34. The van der Waals surface area contributed by atoms with E-state index in [0.717, 1.165) is 50.5 Å². The number of rotatable bonds is 7. The Labute approximate surface area is 166 Å². The van der Waals surface area contributed by atoms with Gasteiger partial charge in [-0.3, -0.25) is 14.4 Å². The molecule has 0 spiro atoms. The Kier molecular flexibility index (Phi) is 6.06. The van der Waals surface area contributed by atoms with Gasteiger partial charge in [-0.15, -0.1) is 0 Å². The minimum absolute atomic E-state index is 0.0130. The fraction of sp³-hybridized carbons (Fsp3) is 0.591. The van der Waals surface area contributed by atoms with Gasteiger partial charge < -0.3 is 15.7 Å². The average Bonchev–Trinajstić information content (AvgIpc) is 3.50. The SMILES string of the molecule is Cc1ccc(NC(=O)C2CC2)cc1NC(=O)C(C)(CC(=O)O)C1CCCCC1. The summed E-state index contributed by atoms with van der Waals surface area (Å²) < 4.78 is 0. The monoisotopic (exact) mass is 386 g/mol. The number of hydrogen-bond donors (Lipinski definition) is 3. The lowest BCUT2D eigenvalue weighted by Gasteiger charge is -2.37. The van der Waals surface area contributed by atoms with E-state index in [9.17, 15) is 19.5 Å². The van der Waals surface area contributed by atoms with Gasteiger partial charge in [-0.2, -0.15) is 0 Å².